The lowest BCUT2D eigenvalue weighted by Crippen LogP contribution is -2.25. The van der Waals surface area contributed by atoms with Gasteiger partial charge in [-0.25, -0.2) is 0 Å². The van der Waals surface area contributed by atoms with Crippen molar-refractivity contribution in [3.8, 4) is 0 Å². The fraction of sp³-hybridized carbons (Fsp3) is 0.333. The van der Waals surface area contributed by atoms with Gasteiger partial charge in [-0.3, -0.25) is 4.79 Å². The van der Waals surface area contributed by atoms with Crippen LogP contribution in [0.5, 0.6) is 0 Å². The fourth-order valence-electron chi connectivity index (χ4n) is 1.95. The van der Waals surface area contributed by atoms with Crippen molar-refractivity contribution >= 4 is 11.5 Å². The second-order valence-electron chi connectivity index (χ2n) is 4.01. The number of benzene rings is 1. The highest BCUT2D eigenvalue weighted by molar-refractivity contribution is 6.44. The highest BCUT2D eigenvalue weighted by Gasteiger charge is 2.39. The Morgan fingerprint density at radius 1 is 1.38 bits per heavy atom. The lowest BCUT2D eigenvalue weighted by atomic mass is 9.92. The van der Waals surface area contributed by atoms with Crippen molar-refractivity contribution in [2.24, 2.45) is 5.10 Å². The molecule has 1 fully saturated rings. The normalized spacial score (nSPS) is 27.1. The highest BCUT2D eigenvalue weighted by Crippen LogP contribution is 2.24. The Bertz CT molecular complexity index is 438. The van der Waals surface area contributed by atoms with Crippen molar-refractivity contribution in [2.45, 2.75) is 12.0 Å². The van der Waals surface area contributed by atoms with Gasteiger partial charge in [0, 0.05) is 6.54 Å². The van der Waals surface area contributed by atoms with Crippen LogP contribution in [-0.4, -0.2) is 30.8 Å². The Kier molecular flexibility index (Phi) is 2.22. The van der Waals surface area contributed by atoms with Crippen LogP contribution in [0.2, 0.25) is 0 Å². The summed E-state index contributed by atoms with van der Waals surface area (Å²) in [6.45, 7) is 1.23. The van der Waals surface area contributed by atoms with Crippen molar-refractivity contribution in [1.82, 2.24) is 5.43 Å². The quantitative estimate of drug-likeness (QED) is 0.756. The lowest BCUT2D eigenvalue weighted by Gasteiger charge is -2.10. The van der Waals surface area contributed by atoms with Gasteiger partial charge in [0.2, 0.25) is 5.78 Å². The number of epoxide rings is 1. The summed E-state index contributed by atoms with van der Waals surface area (Å²) in [4.78, 5) is 11.9. The van der Waals surface area contributed by atoms with E-state index in [0.29, 0.717) is 18.9 Å². The molecule has 0 aliphatic carbocycles. The van der Waals surface area contributed by atoms with Gasteiger partial charge in [0.25, 0.3) is 0 Å². The second-order valence-corrected chi connectivity index (χ2v) is 4.01. The molecule has 2 aliphatic rings. The first-order valence-electron chi connectivity index (χ1n) is 5.37. The Morgan fingerprint density at radius 2 is 2.12 bits per heavy atom. The first-order valence-corrected chi connectivity index (χ1v) is 5.37. The first kappa shape index (κ1) is 9.54. The van der Waals surface area contributed by atoms with E-state index in [1.807, 2.05) is 30.3 Å². The van der Waals surface area contributed by atoms with Crippen molar-refractivity contribution in [1.29, 1.82) is 0 Å². The molecule has 16 heavy (non-hydrogen) atoms. The van der Waals surface area contributed by atoms with Gasteiger partial charge in [-0.1, -0.05) is 30.3 Å². The first-order chi connectivity index (χ1) is 7.86. The van der Waals surface area contributed by atoms with E-state index in [2.05, 4.69) is 10.5 Å². The molecule has 0 bridgehead atoms. The van der Waals surface area contributed by atoms with E-state index in [0.717, 1.165) is 5.56 Å². The summed E-state index contributed by atoms with van der Waals surface area (Å²) in [6, 6.07) is 9.96. The van der Waals surface area contributed by atoms with E-state index < -0.39 is 0 Å². The van der Waals surface area contributed by atoms with E-state index in [4.69, 9.17) is 4.74 Å². The third-order valence-corrected chi connectivity index (χ3v) is 2.91. The monoisotopic (exact) mass is 216 g/mol. The van der Waals surface area contributed by atoms with Crippen LogP contribution in [0.15, 0.2) is 35.4 Å². The number of hydrazone groups is 1. The molecule has 0 amide bonds. The Morgan fingerprint density at radius 3 is 2.81 bits per heavy atom. The van der Waals surface area contributed by atoms with Crippen molar-refractivity contribution < 1.29 is 9.53 Å². The van der Waals surface area contributed by atoms with Crippen molar-refractivity contribution in [3.05, 3.63) is 35.9 Å². The third-order valence-electron chi connectivity index (χ3n) is 2.91. The summed E-state index contributed by atoms with van der Waals surface area (Å²) in [5.74, 6) is 0.0942. The molecule has 0 radical (unpaired) electrons. The minimum atomic E-state index is -0.245. The summed E-state index contributed by atoms with van der Waals surface area (Å²) < 4.78 is 5.01. The molecule has 4 nitrogen and oxygen atoms in total. The molecule has 0 saturated carbocycles. The molecule has 0 unspecified atom stereocenters. The van der Waals surface area contributed by atoms with Crippen molar-refractivity contribution in [2.75, 3.05) is 13.2 Å². The van der Waals surface area contributed by atoms with Gasteiger partial charge in [-0.15, -0.1) is 0 Å². The van der Waals surface area contributed by atoms with Crippen LogP contribution in [-0.2, 0) is 9.53 Å². The topological polar surface area (TPSA) is 54.0 Å². The van der Waals surface area contributed by atoms with E-state index >= 15 is 0 Å². The number of nitrogens with one attached hydrogen (secondary N) is 1. The van der Waals surface area contributed by atoms with E-state index in [1.54, 1.807) is 0 Å². The largest absolute Gasteiger partial charge is 0.364 e. The molecular weight excluding hydrogens is 204 g/mol. The molecule has 0 aromatic heterocycles. The van der Waals surface area contributed by atoms with Gasteiger partial charge in [-0.2, -0.15) is 5.10 Å². The van der Waals surface area contributed by atoms with Crippen LogP contribution in [0.4, 0.5) is 0 Å². The summed E-state index contributed by atoms with van der Waals surface area (Å²) in [5.41, 5.74) is 4.63. The Balaban J connectivity index is 1.86. The molecule has 1 aromatic carbocycles. The van der Waals surface area contributed by atoms with E-state index in [9.17, 15) is 4.79 Å². The van der Waals surface area contributed by atoms with Crippen LogP contribution < -0.4 is 5.43 Å². The van der Waals surface area contributed by atoms with Gasteiger partial charge in [0.05, 0.1) is 12.5 Å². The summed E-state index contributed by atoms with van der Waals surface area (Å²) in [5, 5.41) is 4.09. The maximum Gasteiger partial charge on any atom is 0.210 e. The number of carbonyl (C=O) groups excluding carboxylic acids is 1. The molecule has 1 N–H and O–H groups in total. The standard InChI is InChI=1S/C12H12N2O2/c15-12(10-7-16-10)11-9(6-13-14-11)8-4-2-1-3-5-8/h1-5,9-10,13H,6-7H2/t9-,10-/m0/s1. The number of ketones is 1. The van der Waals surface area contributed by atoms with E-state index in [-0.39, 0.29) is 17.8 Å². The van der Waals surface area contributed by atoms with Crippen LogP contribution in [0, 0.1) is 0 Å². The van der Waals surface area contributed by atoms with E-state index in [1.165, 1.54) is 0 Å². The Labute approximate surface area is 93.3 Å². The van der Waals surface area contributed by atoms with Crippen LogP contribution in [0.3, 0.4) is 0 Å². The number of hydrogen-bond acceptors (Lipinski definition) is 4. The summed E-state index contributed by atoms with van der Waals surface area (Å²) in [7, 11) is 0. The van der Waals surface area contributed by atoms with Crippen molar-refractivity contribution in [3.63, 3.8) is 0 Å². The molecular formula is C12H12N2O2. The molecule has 2 heterocycles. The zero-order valence-corrected chi connectivity index (χ0v) is 8.72. The molecule has 0 spiro atoms. The van der Waals surface area contributed by atoms with Gasteiger partial charge in [0.15, 0.2) is 0 Å². The molecule has 82 valence electrons. The minimum Gasteiger partial charge on any atom is -0.364 e. The van der Waals surface area contributed by atoms with Crippen LogP contribution >= 0.6 is 0 Å². The highest BCUT2D eigenvalue weighted by atomic mass is 16.6. The Hall–Kier alpha value is -1.68. The number of Topliss-reactive ketones (excluding diaryl/α,β-unsaturated/α-hetero) is 1. The number of ether oxygens (including phenoxy) is 1. The van der Waals surface area contributed by atoms with Gasteiger partial charge in [-0.05, 0) is 5.56 Å². The molecule has 3 rings (SSSR count). The fourth-order valence-corrected chi connectivity index (χ4v) is 1.95. The smallest absolute Gasteiger partial charge is 0.210 e. The second kappa shape index (κ2) is 3.72. The predicted molar refractivity (Wildman–Crippen MR) is 59.4 cm³/mol. The molecule has 2 atom stereocenters. The zero-order valence-electron chi connectivity index (χ0n) is 8.72. The third kappa shape index (κ3) is 1.61. The average Bonchev–Trinajstić information content (AvgIpc) is 3.06. The number of hydrogen-bond donors (Lipinski definition) is 1. The SMILES string of the molecule is O=C(C1=NNC[C@H]1c1ccccc1)[C@@H]1CO1. The number of carbonyl (C=O) groups is 1. The average molecular weight is 216 g/mol. The molecule has 2 aliphatic heterocycles. The zero-order chi connectivity index (χ0) is 11.0. The maximum absolute atomic E-state index is 11.9. The van der Waals surface area contributed by atoms with Gasteiger partial charge < -0.3 is 10.2 Å². The summed E-state index contributed by atoms with van der Waals surface area (Å²) in [6.07, 6.45) is -0.245. The summed E-state index contributed by atoms with van der Waals surface area (Å²) >= 11 is 0. The minimum absolute atomic E-state index is 0.0267. The predicted octanol–water partition coefficient (Wildman–Crippen LogP) is 0.697. The molecule has 1 saturated heterocycles. The maximum atomic E-state index is 11.9. The van der Waals surface area contributed by atoms with Gasteiger partial charge in [0.1, 0.15) is 11.8 Å². The molecule has 4 heteroatoms. The number of nitrogens with zero attached hydrogens (tertiary/aromatic N) is 1. The number of rotatable bonds is 3. The lowest BCUT2D eigenvalue weighted by molar-refractivity contribution is -0.114. The van der Waals surface area contributed by atoms with Crippen LogP contribution in [0.1, 0.15) is 11.5 Å². The van der Waals surface area contributed by atoms with Crippen LogP contribution in [0.25, 0.3) is 0 Å². The van der Waals surface area contributed by atoms with Gasteiger partial charge >= 0.3 is 0 Å². The molecule has 1 aromatic rings.